The fourth-order valence-electron chi connectivity index (χ4n) is 4.30. The lowest BCUT2D eigenvalue weighted by atomic mass is 10.0. The van der Waals surface area contributed by atoms with Crippen LogP contribution in [0.25, 0.3) is 0 Å². The van der Waals surface area contributed by atoms with Crippen LogP contribution in [-0.2, 0) is 4.79 Å². The van der Waals surface area contributed by atoms with Gasteiger partial charge in [0, 0.05) is 24.2 Å². The Bertz CT molecular complexity index is 618. The highest BCUT2D eigenvalue weighted by molar-refractivity contribution is 6.31. The molecule has 1 N–H and O–H groups in total. The zero-order valence-electron chi connectivity index (χ0n) is 16.7. The molecule has 2 unspecified atom stereocenters. The van der Waals surface area contributed by atoms with Crippen molar-refractivity contribution >= 4 is 17.5 Å². The van der Waals surface area contributed by atoms with Gasteiger partial charge < -0.3 is 10.2 Å². The summed E-state index contributed by atoms with van der Waals surface area (Å²) in [6.45, 7) is 5.23. The minimum atomic E-state index is 0.116. The molecule has 0 radical (unpaired) electrons. The Hall–Kier alpha value is -1.14. The molecule has 2 aliphatic rings. The molecule has 5 nitrogen and oxygen atoms in total. The van der Waals surface area contributed by atoms with Gasteiger partial charge in [0.25, 0.3) is 0 Å². The first-order chi connectivity index (χ1) is 13.0. The minimum Gasteiger partial charge on any atom is -0.353 e. The minimum absolute atomic E-state index is 0.116. The Morgan fingerprint density at radius 2 is 1.96 bits per heavy atom. The summed E-state index contributed by atoms with van der Waals surface area (Å²) in [4.78, 5) is 19.6. The molecular weight excluding hydrogens is 360 g/mol. The summed E-state index contributed by atoms with van der Waals surface area (Å²) in [5, 5.41) is 3.97. The highest BCUT2D eigenvalue weighted by atomic mass is 35.5. The van der Waals surface area contributed by atoms with Crippen LogP contribution in [0.15, 0.2) is 24.3 Å². The highest BCUT2D eigenvalue weighted by Gasteiger charge is 2.27. The molecule has 0 bridgehead atoms. The SMILES string of the molecule is CN(C)C1CCCN(CC(=O)NCC(c2ccccc2Cl)N2CCCC2)C1. The van der Waals surface area contributed by atoms with Crippen LogP contribution in [0.4, 0.5) is 0 Å². The van der Waals surface area contributed by atoms with Crippen molar-refractivity contribution in [3.05, 3.63) is 34.9 Å². The van der Waals surface area contributed by atoms with Crippen molar-refractivity contribution in [1.82, 2.24) is 20.0 Å². The quantitative estimate of drug-likeness (QED) is 0.774. The summed E-state index contributed by atoms with van der Waals surface area (Å²) in [6, 6.07) is 8.72. The van der Waals surface area contributed by atoms with Gasteiger partial charge in [-0.15, -0.1) is 0 Å². The van der Waals surface area contributed by atoms with E-state index in [2.05, 4.69) is 40.2 Å². The van der Waals surface area contributed by atoms with Crippen molar-refractivity contribution in [3.63, 3.8) is 0 Å². The molecule has 1 aromatic rings. The van der Waals surface area contributed by atoms with Crippen molar-refractivity contribution in [3.8, 4) is 0 Å². The van der Waals surface area contributed by atoms with Gasteiger partial charge in [-0.1, -0.05) is 29.8 Å². The smallest absolute Gasteiger partial charge is 0.234 e. The summed E-state index contributed by atoms with van der Waals surface area (Å²) in [5.74, 6) is 0.116. The van der Waals surface area contributed by atoms with Crippen molar-refractivity contribution in [1.29, 1.82) is 0 Å². The van der Waals surface area contributed by atoms with Gasteiger partial charge in [-0.25, -0.2) is 0 Å². The first kappa shape index (κ1) is 20.6. The van der Waals surface area contributed by atoms with Crippen LogP contribution < -0.4 is 5.32 Å². The van der Waals surface area contributed by atoms with Crippen LogP contribution in [0.5, 0.6) is 0 Å². The van der Waals surface area contributed by atoms with Gasteiger partial charge in [-0.05, 0) is 71.0 Å². The van der Waals surface area contributed by atoms with Gasteiger partial charge in [0.15, 0.2) is 0 Å². The maximum Gasteiger partial charge on any atom is 0.234 e. The van der Waals surface area contributed by atoms with Gasteiger partial charge >= 0.3 is 0 Å². The number of likely N-dealkylation sites (N-methyl/N-ethyl adjacent to an activating group) is 1. The van der Waals surface area contributed by atoms with E-state index >= 15 is 0 Å². The molecule has 1 aromatic carbocycles. The first-order valence-corrected chi connectivity index (χ1v) is 10.6. The highest BCUT2D eigenvalue weighted by Crippen LogP contribution is 2.29. The lowest BCUT2D eigenvalue weighted by molar-refractivity contribution is -0.123. The Labute approximate surface area is 168 Å². The lowest BCUT2D eigenvalue weighted by Crippen LogP contribution is -2.49. The monoisotopic (exact) mass is 392 g/mol. The van der Waals surface area contributed by atoms with Gasteiger partial charge in [-0.2, -0.15) is 0 Å². The Morgan fingerprint density at radius 1 is 1.22 bits per heavy atom. The Morgan fingerprint density at radius 3 is 2.67 bits per heavy atom. The fraction of sp³-hybridized carbons (Fsp3) is 0.667. The number of nitrogens with zero attached hydrogens (tertiary/aromatic N) is 3. The molecule has 2 atom stereocenters. The third-order valence-electron chi connectivity index (χ3n) is 5.92. The molecule has 2 saturated heterocycles. The first-order valence-electron chi connectivity index (χ1n) is 10.2. The number of likely N-dealkylation sites (tertiary alicyclic amines) is 2. The molecule has 0 spiro atoms. The summed E-state index contributed by atoms with van der Waals surface area (Å²) < 4.78 is 0. The van der Waals surface area contributed by atoms with Crippen LogP contribution >= 0.6 is 11.6 Å². The normalized spacial score (nSPS) is 22.9. The molecular formula is C21H33ClN4O. The maximum atomic E-state index is 12.6. The Balaban J connectivity index is 1.57. The number of carbonyl (C=O) groups is 1. The van der Waals surface area contributed by atoms with Crippen LogP contribution in [0, 0.1) is 0 Å². The Kier molecular flexibility index (Phi) is 7.53. The topological polar surface area (TPSA) is 38.8 Å². The predicted molar refractivity (Wildman–Crippen MR) is 111 cm³/mol. The third kappa shape index (κ3) is 5.67. The number of benzene rings is 1. The van der Waals surface area contributed by atoms with Gasteiger partial charge in [-0.3, -0.25) is 14.6 Å². The molecule has 0 aliphatic carbocycles. The van der Waals surface area contributed by atoms with E-state index in [0.29, 0.717) is 19.1 Å². The molecule has 6 heteroatoms. The molecule has 0 saturated carbocycles. The van der Waals surface area contributed by atoms with Crippen molar-refractivity contribution in [2.75, 3.05) is 53.4 Å². The van der Waals surface area contributed by atoms with E-state index in [1.54, 1.807) is 0 Å². The number of hydrogen-bond donors (Lipinski definition) is 1. The molecule has 0 aromatic heterocycles. The van der Waals surface area contributed by atoms with Gasteiger partial charge in [0.05, 0.1) is 12.6 Å². The number of nitrogens with one attached hydrogen (secondary N) is 1. The van der Waals surface area contributed by atoms with E-state index < -0.39 is 0 Å². The summed E-state index contributed by atoms with van der Waals surface area (Å²) in [5.41, 5.74) is 1.12. The standard InChI is InChI=1S/C21H33ClN4O/c1-24(2)17-8-7-11-25(15-17)16-21(27)23-14-20(26-12-5-6-13-26)18-9-3-4-10-19(18)22/h3-4,9-10,17,20H,5-8,11-16H2,1-2H3,(H,23,27). The molecule has 2 aliphatic heterocycles. The van der Waals surface area contributed by atoms with Crippen LogP contribution in [0.1, 0.15) is 37.3 Å². The van der Waals surface area contributed by atoms with Crippen LogP contribution in [0.3, 0.4) is 0 Å². The van der Waals surface area contributed by atoms with Crippen molar-refractivity contribution in [2.45, 2.75) is 37.8 Å². The maximum absolute atomic E-state index is 12.6. The molecule has 1 amide bonds. The number of halogens is 1. The predicted octanol–water partition coefficient (Wildman–Crippen LogP) is 2.62. The number of piperidine rings is 1. The van der Waals surface area contributed by atoms with E-state index in [9.17, 15) is 4.79 Å². The number of rotatable bonds is 7. The zero-order chi connectivity index (χ0) is 19.2. The van der Waals surface area contributed by atoms with Crippen LogP contribution in [-0.4, -0.2) is 80.0 Å². The molecule has 150 valence electrons. The lowest BCUT2D eigenvalue weighted by Gasteiger charge is -2.36. The fourth-order valence-corrected chi connectivity index (χ4v) is 4.56. The second-order valence-corrected chi connectivity index (χ2v) is 8.49. The van der Waals surface area contributed by atoms with E-state index in [1.807, 2.05) is 18.2 Å². The molecule has 3 rings (SSSR count). The second-order valence-electron chi connectivity index (χ2n) is 8.08. The number of carbonyl (C=O) groups excluding carboxylic acids is 1. The summed E-state index contributed by atoms with van der Waals surface area (Å²) in [7, 11) is 4.25. The van der Waals surface area contributed by atoms with Crippen LogP contribution in [0.2, 0.25) is 5.02 Å². The van der Waals surface area contributed by atoms with E-state index in [-0.39, 0.29) is 11.9 Å². The zero-order valence-corrected chi connectivity index (χ0v) is 17.4. The molecule has 2 heterocycles. The van der Waals surface area contributed by atoms with E-state index in [4.69, 9.17) is 11.6 Å². The number of amides is 1. The second kappa shape index (κ2) is 9.87. The van der Waals surface area contributed by atoms with Crippen molar-refractivity contribution < 1.29 is 4.79 Å². The van der Waals surface area contributed by atoms with E-state index in [1.165, 1.54) is 19.3 Å². The largest absolute Gasteiger partial charge is 0.353 e. The summed E-state index contributed by atoms with van der Waals surface area (Å²) >= 11 is 6.46. The average molecular weight is 393 g/mol. The summed E-state index contributed by atoms with van der Waals surface area (Å²) in [6.07, 6.45) is 4.81. The van der Waals surface area contributed by atoms with Gasteiger partial charge in [0.1, 0.15) is 0 Å². The third-order valence-corrected chi connectivity index (χ3v) is 6.26. The average Bonchev–Trinajstić information content (AvgIpc) is 3.18. The van der Waals surface area contributed by atoms with Crippen molar-refractivity contribution in [2.24, 2.45) is 0 Å². The van der Waals surface area contributed by atoms with Gasteiger partial charge in [0.2, 0.25) is 5.91 Å². The molecule has 2 fully saturated rings. The van der Waals surface area contributed by atoms with E-state index in [0.717, 1.165) is 43.2 Å². The number of hydrogen-bond acceptors (Lipinski definition) is 4. The molecule has 27 heavy (non-hydrogen) atoms.